The highest BCUT2D eigenvalue weighted by molar-refractivity contribution is 5.98. The number of carbonyl (C=O) groups excluding carboxylic acids is 1. The van der Waals surface area contributed by atoms with Gasteiger partial charge in [-0.1, -0.05) is 6.07 Å². The number of nitrogens with zero attached hydrogens (tertiary/aromatic N) is 5. The average Bonchev–Trinajstić information content (AvgIpc) is 3.33. The fraction of sp³-hybridized carbons (Fsp3) is 0.500. The molecule has 158 valence electrons. The van der Waals surface area contributed by atoms with Gasteiger partial charge in [-0.25, -0.2) is 9.97 Å². The van der Waals surface area contributed by atoms with Gasteiger partial charge in [0.1, 0.15) is 30.7 Å². The molecule has 2 fully saturated rings. The summed E-state index contributed by atoms with van der Waals surface area (Å²) in [7, 11) is 0. The van der Waals surface area contributed by atoms with Crippen molar-refractivity contribution in [1.82, 2.24) is 14.9 Å². The van der Waals surface area contributed by atoms with E-state index in [0.717, 1.165) is 43.6 Å². The lowest BCUT2D eigenvalue weighted by Gasteiger charge is -2.36. The van der Waals surface area contributed by atoms with Crippen LogP contribution >= 0.6 is 0 Å². The Bertz CT molecular complexity index is 936. The summed E-state index contributed by atoms with van der Waals surface area (Å²) < 4.78 is 11.3. The molecule has 3 aliphatic heterocycles. The third kappa shape index (κ3) is 3.62. The zero-order valence-electron chi connectivity index (χ0n) is 17.3. The maximum Gasteiger partial charge on any atom is 0.257 e. The summed E-state index contributed by atoms with van der Waals surface area (Å²) >= 11 is 0. The average molecular weight is 409 g/mol. The molecule has 1 aromatic carbocycles. The van der Waals surface area contributed by atoms with E-state index in [2.05, 4.69) is 25.8 Å². The van der Waals surface area contributed by atoms with Crippen molar-refractivity contribution in [3.05, 3.63) is 35.7 Å². The number of fused-ring (bicyclic) bond motifs is 1. The van der Waals surface area contributed by atoms with Crippen LogP contribution in [0.3, 0.4) is 0 Å². The van der Waals surface area contributed by atoms with Crippen molar-refractivity contribution in [3.8, 4) is 11.5 Å². The molecule has 4 heterocycles. The zero-order chi connectivity index (χ0) is 20.5. The highest BCUT2D eigenvalue weighted by Gasteiger charge is 2.28. The molecule has 8 nitrogen and oxygen atoms in total. The van der Waals surface area contributed by atoms with Gasteiger partial charge in [0.15, 0.2) is 11.5 Å². The molecular formula is C22H27N5O3. The molecular weight excluding hydrogens is 382 g/mol. The van der Waals surface area contributed by atoms with E-state index in [0.29, 0.717) is 43.4 Å². The number of rotatable bonds is 3. The Hall–Kier alpha value is -3.03. The Morgan fingerprint density at radius 3 is 2.30 bits per heavy atom. The molecule has 0 N–H and O–H groups in total. The molecule has 0 saturated carbocycles. The number of benzene rings is 1. The lowest BCUT2D eigenvalue weighted by molar-refractivity contribution is 0.0736. The number of hydrogen-bond acceptors (Lipinski definition) is 7. The Morgan fingerprint density at radius 2 is 1.57 bits per heavy atom. The largest absolute Gasteiger partial charge is 0.486 e. The number of aryl methyl sites for hydroxylation is 1. The first kappa shape index (κ1) is 19.0. The van der Waals surface area contributed by atoms with Crippen molar-refractivity contribution in [3.63, 3.8) is 0 Å². The maximum absolute atomic E-state index is 13.1. The summed E-state index contributed by atoms with van der Waals surface area (Å²) in [4.78, 5) is 28.9. The minimum absolute atomic E-state index is 0.00590. The summed E-state index contributed by atoms with van der Waals surface area (Å²) in [5.41, 5.74) is 0.579. The van der Waals surface area contributed by atoms with E-state index in [-0.39, 0.29) is 5.91 Å². The Labute approximate surface area is 176 Å². The second-order valence-corrected chi connectivity index (χ2v) is 7.93. The zero-order valence-corrected chi connectivity index (χ0v) is 17.3. The van der Waals surface area contributed by atoms with Crippen LogP contribution < -0.4 is 19.3 Å². The quantitative estimate of drug-likeness (QED) is 0.769. The number of aromatic nitrogens is 2. The third-order valence-corrected chi connectivity index (χ3v) is 5.93. The number of carbonyl (C=O) groups is 1. The van der Waals surface area contributed by atoms with Crippen molar-refractivity contribution in [2.75, 3.05) is 62.3 Å². The van der Waals surface area contributed by atoms with Gasteiger partial charge in [0, 0.05) is 45.3 Å². The number of para-hydroxylation sites is 1. The van der Waals surface area contributed by atoms with Crippen molar-refractivity contribution in [2.24, 2.45) is 0 Å². The number of amides is 1. The smallest absolute Gasteiger partial charge is 0.257 e. The predicted molar refractivity (Wildman–Crippen MR) is 114 cm³/mol. The SMILES string of the molecule is Cc1nc(N2CCCC2)cc(N2CCN(C(=O)c3cccc4c3OCCO4)CC2)n1. The lowest BCUT2D eigenvalue weighted by atomic mass is 10.1. The summed E-state index contributed by atoms with van der Waals surface area (Å²) in [5.74, 6) is 3.97. The fourth-order valence-corrected chi connectivity index (χ4v) is 4.36. The van der Waals surface area contributed by atoms with Gasteiger partial charge < -0.3 is 24.2 Å². The van der Waals surface area contributed by atoms with E-state index >= 15 is 0 Å². The summed E-state index contributed by atoms with van der Waals surface area (Å²) in [5, 5.41) is 0. The Balaban J connectivity index is 1.28. The van der Waals surface area contributed by atoms with E-state index in [4.69, 9.17) is 9.47 Å². The van der Waals surface area contributed by atoms with E-state index < -0.39 is 0 Å². The van der Waals surface area contributed by atoms with Gasteiger partial charge in [0.2, 0.25) is 0 Å². The maximum atomic E-state index is 13.1. The standard InChI is InChI=1S/C22H27N5O3/c1-16-23-19(25-7-2-3-8-25)15-20(24-16)26-9-11-27(12-10-26)22(28)17-5-4-6-18-21(17)30-14-13-29-18/h4-6,15H,2-3,7-14H2,1H3. The summed E-state index contributed by atoms with van der Waals surface area (Å²) in [6, 6.07) is 7.60. The van der Waals surface area contributed by atoms with Crippen molar-refractivity contribution >= 4 is 17.5 Å². The predicted octanol–water partition coefficient (Wildman–Crippen LogP) is 2.12. The first-order valence-electron chi connectivity index (χ1n) is 10.7. The normalized spacial score (nSPS) is 18.6. The molecule has 5 rings (SSSR count). The van der Waals surface area contributed by atoms with E-state index in [1.54, 1.807) is 0 Å². The van der Waals surface area contributed by atoms with Crippen LogP contribution in [0.25, 0.3) is 0 Å². The van der Waals surface area contributed by atoms with Crippen LogP contribution in [0.15, 0.2) is 24.3 Å². The first-order chi connectivity index (χ1) is 14.7. The molecule has 30 heavy (non-hydrogen) atoms. The lowest BCUT2D eigenvalue weighted by Crippen LogP contribution is -2.49. The molecule has 0 aliphatic carbocycles. The number of anilines is 2. The monoisotopic (exact) mass is 409 g/mol. The fourth-order valence-electron chi connectivity index (χ4n) is 4.36. The second-order valence-electron chi connectivity index (χ2n) is 7.93. The minimum atomic E-state index is -0.00590. The molecule has 2 aromatic rings. The van der Waals surface area contributed by atoms with Crippen LogP contribution in [0.2, 0.25) is 0 Å². The molecule has 0 bridgehead atoms. The van der Waals surface area contributed by atoms with Gasteiger partial charge in [0.25, 0.3) is 5.91 Å². The minimum Gasteiger partial charge on any atom is -0.486 e. The van der Waals surface area contributed by atoms with Gasteiger partial charge in [-0.2, -0.15) is 0 Å². The summed E-state index contributed by atoms with van der Waals surface area (Å²) in [6.45, 7) is 7.83. The van der Waals surface area contributed by atoms with Crippen molar-refractivity contribution < 1.29 is 14.3 Å². The first-order valence-corrected chi connectivity index (χ1v) is 10.7. The molecule has 0 unspecified atom stereocenters. The van der Waals surface area contributed by atoms with Crippen LogP contribution in [0.1, 0.15) is 29.0 Å². The van der Waals surface area contributed by atoms with Crippen LogP contribution in [-0.2, 0) is 0 Å². The highest BCUT2D eigenvalue weighted by atomic mass is 16.6. The van der Waals surface area contributed by atoms with Crippen LogP contribution in [0, 0.1) is 6.92 Å². The molecule has 3 aliphatic rings. The van der Waals surface area contributed by atoms with Crippen molar-refractivity contribution in [1.29, 1.82) is 0 Å². The Kier molecular flexibility index (Phi) is 5.06. The van der Waals surface area contributed by atoms with E-state index in [1.807, 2.05) is 30.0 Å². The molecule has 0 radical (unpaired) electrons. The van der Waals surface area contributed by atoms with Crippen molar-refractivity contribution in [2.45, 2.75) is 19.8 Å². The topological polar surface area (TPSA) is 71.0 Å². The van der Waals surface area contributed by atoms with Gasteiger partial charge in [-0.15, -0.1) is 0 Å². The third-order valence-electron chi connectivity index (χ3n) is 5.93. The molecule has 0 spiro atoms. The molecule has 0 atom stereocenters. The van der Waals surface area contributed by atoms with Crippen LogP contribution in [0.5, 0.6) is 11.5 Å². The Morgan fingerprint density at radius 1 is 0.900 bits per heavy atom. The van der Waals surface area contributed by atoms with Crippen LogP contribution in [-0.4, -0.2) is 73.3 Å². The second kappa shape index (κ2) is 8.01. The van der Waals surface area contributed by atoms with Crippen LogP contribution in [0.4, 0.5) is 11.6 Å². The van der Waals surface area contributed by atoms with E-state index in [1.165, 1.54) is 12.8 Å². The van der Waals surface area contributed by atoms with Gasteiger partial charge >= 0.3 is 0 Å². The van der Waals surface area contributed by atoms with Gasteiger partial charge in [-0.3, -0.25) is 4.79 Å². The number of ether oxygens (including phenoxy) is 2. The molecule has 1 aromatic heterocycles. The molecule has 2 saturated heterocycles. The van der Waals surface area contributed by atoms with E-state index in [9.17, 15) is 4.79 Å². The number of piperazine rings is 1. The molecule has 8 heteroatoms. The highest BCUT2D eigenvalue weighted by Crippen LogP contribution is 2.34. The van der Waals surface area contributed by atoms with Gasteiger partial charge in [-0.05, 0) is 31.9 Å². The number of hydrogen-bond donors (Lipinski definition) is 0. The van der Waals surface area contributed by atoms with Gasteiger partial charge in [0.05, 0.1) is 5.56 Å². The summed E-state index contributed by atoms with van der Waals surface area (Å²) in [6.07, 6.45) is 2.44. The molecule has 1 amide bonds.